The zero-order chi connectivity index (χ0) is 12.9. The van der Waals surface area contributed by atoms with Crippen molar-refractivity contribution in [1.82, 2.24) is 10.2 Å². The molecule has 17 heavy (non-hydrogen) atoms. The van der Waals surface area contributed by atoms with Crippen LogP contribution in [-0.2, 0) is 0 Å². The van der Waals surface area contributed by atoms with E-state index < -0.39 is 12.7 Å². The van der Waals surface area contributed by atoms with Crippen LogP contribution in [0.15, 0.2) is 0 Å². The summed E-state index contributed by atoms with van der Waals surface area (Å²) in [6.07, 6.45) is -1.23. The lowest BCUT2D eigenvalue weighted by molar-refractivity contribution is -0.150. The third-order valence-corrected chi connectivity index (χ3v) is 3.40. The standard InChI is InChI=1S/C12H23F3N2/c1-3-6-16-11-5-7-17(8-10(11)4-2)9-12(13,14)15/h10-11,16H,3-9H2,1-2H3. The fourth-order valence-corrected chi connectivity index (χ4v) is 2.52. The number of nitrogens with one attached hydrogen (secondary N) is 1. The third-order valence-electron chi connectivity index (χ3n) is 3.40. The maximum Gasteiger partial charge on any atom is 0.401 e. The molecule has 1 aliphatic rings. The Kier molecular flexibility index (Phi) is 5.73. The number of piperidine rings is 1. The summed E-state index contributed by atoms with van der Waals surface area (Å²) in [7, 11) is 0. The molecule has 102 valence electrons. The molecule has 0 aromatic carbocycles. The van der Waals surface area contributed by atoms with Crippen LogP contribution in [0, 0.1) is 5.92 Å². The lowest BCUT2D eigenvalue weighted by Gasteiger charge is -2.39. The lowest BCUT2D eigenvalue weighted by Crippen LogP contribution is -2.51. The van der Waals surface area contributed by atoms with Crippen LogP contribution >= 0.6 is 0 Å². The number of halogens is 3. The average molecular weight is 252 g/mol. The summed E-state index contributed by atoms with van der Waals surface area (Å²) in [6, 6.07) is 0.393. The van der Waals surface area contributed by atoms with Crippen LogP contribution in [-0.4, -0.2) is 43.3 Å². The number of rotatable bonds is 5. The summed E-state index contributed by atoms with van der Waals surface area (Å²) >= 11 is 0. The van der Waals surface area contributed by atoms with Crippen LogP contribution in [0.3, 0.4) is 0 Å². The van der Waals surface area contributed by atoms with Gasteiger partial charge in [-0.2, -0.15) is 13.2 Å². The molecule has 0 aliphatic carbocycles. The number of hydrogen-bond acceptors (Lipinski definition) is 2. The number of alkyl halides is 3. The van der Waals surface area contributed by atoms with Gasteiger partial charge in [-0.3, -0.25) is 4.90 Å². The first-order chi connectivity index (χ1) is 7.96. The van der Waals surface area contributed by atoms with Crippen LogP contribution in [0.2, 0.25) is 0 Å². The van der Waals surface area contributed by atoms with Crippen molar-refractivity contribution < 1.29 is 13.2 Å². The number of nitrogens with zero attached hydrogens (tertiary/aromatic N) is 1. The van der Waals surface area contributed by atoms with Gasteiger partial charge in [0.05, 0.1) is 6.54 Å². The quantitative estimate of drug-likeness (QED) is 0.809. The maximum atomic E-state index is 12.3. The van der Waals surface area contributed by atoms with Gasteiger partial charge >= 0.3 is 6.18 Å². The Labute approximate surface area is 102 Å². The Bertz CT molecular complexity index is 218. The van der Waals surface area contributed by atoms with Crippen molar-refractivity contribution in [1.29, 1.82) is 0 Å². The zero-order valence-corrected chi connectivity index (χ0v) is 10.7. The molecule has 1 fully saturated rings. The molecule has 0 spiro atoms. The predicted octanol–water partition coefficient (Wildman–Crippen LogP) is 2.65. The van der Waals surface area contributed by atoms with Gasteiger partial charge in [-0.15, -0.1) is 0 Å². The number of likely N-dealkylation sites (tertiary alicyclic amines) is 1. The van der Waals surface area contributed by atoms with E-state index in [-0.39, 0.29) is 0 Å². The summed E-state index contributed by atoms with van der Waals surface area (Å²) in [5.41, 5.74) is 0. The Balaban J connectivity index is 2.43. The van der Waals surface area contributed by atoms with E-state index in [1.54, 1.807) is 0 Å². The molecule has 2 unspecified atom stereocenters. The second-order valence-corrected chi connectivity index (χ2v) is 4.87. The molecular weight excluding hydrogens is 229 g/mol. The molecular formula is C12H23F3N2. The summed E-state index contributed by atoms with van der Waals surface area (Å²) in [5, 5.41) is 3.45. The topological polar surface area (TPSA) is 15.3 Å². The second kappa shape index (κ2) is 6.59. The van der Waals surface area contributed by atoms with Gasteiger partial charge in [0.1, 0.15) is 0 Å². The smallest absolute Gasteiger partial charge is 0.314 e. The molecule has 1 saturated heterocycles. The van der Waals surface area contributed by atoms with E-state index in [4.69, 9.17) is 0 Å². The van der Waals surface area contributed by atoms with Crippen LogP contribution < -0.4 is 5.32 Å². The van der Waals surface area contributed by atoms with E-state index in [9.17, 15) is 13.2 Å². The Morgan fingerprint density at radius 3 is 2.53 bits per heavy atom. The van der Waals surface area contributed by atoms with Gasteiger partial charge in [-0.1, -0.05) is 20.3 Å². The highest BCUT2D eigenvalue weighted by atomic mass is 19.4. The van der Waals surface area contributed by atoms with E-state index in [2.05, 4.69) is 19.2 Å². The van der Waals surface area contributed by atoms with Crippen LogP contribution in [0.4, 0.5) is 13.2 Å². The third kappa shape index (κ3) is 5.25. The highest BCUT2D eigenvalue weighted by molar-refractivity contribution is 4.85. The Hall–Kier alpha value is -0.290. The fraction of sp³-hybridized carbons (Fsp3) is 1.00. The Morgan fingerprint density at radius 1 is 1.29 bits per heavy atom. The maximum absolute atomic E-state index is 12.3. The first-order valence-corrected chi connectivity index (χ1v) is 6.48. The summed E-state index contributed by atoms with van der Waals surface area (Å²) < 4.78 is 36.9. The van der Waals surface area contributed by atoms with E-state index in [0.29, 0.717) is 25.0 Å². The summed E-state index contributed by atoms with van der Waals surface area (Å²) in [6.45, 7) is 5.48. The van der Waals surface area contributed by atoms with E-state index in [1.807, 2.05) is 0 Å². The molecule has 1 N–H and O–H groups in total. The van der Waals surface area contributed by atoms with Crippen molar-refractivity contribution in [2.75, 3.05) is 26.2 Å². The largest absolute Gasteiger partial charge is 0.401 e. The van der Waals surface area contributed by atoms with Gasteiger partial charge in [0.15, 0.2) is 0 Å². The average Bonchev–Trinajstić information content (AvgIpc) is 2.25. The van der Waals surface area contributed by atoms with Crippen LogP contribution in [0.25, 0.3) is 0 Å². The molecule has 1 heterocycles. The second-order valence-electron chi connectivity index (χ2n) is 4.87. The highest BCUT2D eigenvalue weighted by Crippen LogP contribution is 2.24. The van der Waals surface area contributed by atoms with Crippen molar-refractivity contribution >= 4 is 0 Å². The minimum Gasteiger partial charge on any atom is -0.314 e. The SMILES string of the molecule is CCCNC1CCN(CC(F)(F)F)CC1CC. The lowest BCUT2D eigenvalue weighted by atomic mass is 9.90. The normalized spacial score (nSPS) is 27.4. The van der Waals surface area contributed by atoms with Crippen molar-refractivity contribution in [3.05, 3.63) is 0 Å². The van der Waals surface area contributed by atoms with Crippen LogP contribution in [0.1, 0.15) is 33.1 Å². The first-order valence-electron chi connectivity index (χ1n) is 6.48. The van der Waals surface area contributed by atoms with Crippen molar-refractivity contribution in [3.63, 3.8) is 0 Å². The number of hydrogen-bond donors (Lipinski definition) is 1. The molecule has 0 saturated carbocycles. The van der Waals surface area contributed by atoms with E-state index >= 15 is 0 Å². The summed E-state index contributed by atoms with van der Waals surface area (Å²) in [4.78, 5) is 1.54. The molecule has 2 atom stereocenters. The van der Waals surface area contributed by atoms with Gasteiger partial charge in [-0.05, 0) is 31.8 Å². The highest BCUT2D eigenvalue weighted by Gasteiger charge is 2.35. The van der Waals surface area contributed by atoms with Crippen molar-refractivity contribution in [2.24, 2.45) is 5.92 Å². The fourth-order valence-electron chi connectivity index (χ4n) is 2.52. The molecule has 5 heteroatoms. The molecule has 0 aromatic heterocycles. The van der Waals surface area contributed by atoms with Crippen LogP contribution in [0.5, 0.6) is 0 Å². The molecule has 1 rings (SSSR count). The first kappa shape index (κ1) is 14.8. The van der Waals surface area contributed by atoms with E-state index in [0.717, 1.165) is 25.8 Å². The van der Waals surface area contributed by atoms with Gasteiger partial charge in [0.2, 0.25) is 0 Å². The van der Waals surface area contributed by atoms with Gasteiger partial charge in [0, 0.05) is 12.6 Å². The van der Waals surface area contributed by atoms with Crippen molar-refractivity contribution in [2.45, 2.75) is 45.3 Å². The van der Waals surface area contributed by atoms with E-state index in [1.165, 1.54) is 4.90 Å². The molecule has 2 nitrogen and oxygen atoms in total. The zero-order valence-electron chi connectivity index (χ0n) is 10.7. The van der Waals surface area contributed by atoms with Gasteiger partial charge < -0.3 is 5.32 Å². The predicted molar refractivity (Wildman–Crippen MR) is 63.0 cm³/mol. The Morgan fingerprint density at radius 2 is 2.00 bits per heavy atom. The monoisotopic (exact) mass is 252 g/mol. The molecule has 0 bridgehead atoms. The minimum absolute atomic E-state index is 0.345. The molecule has 1 aliphatic heterocycles. The molecule has 0 radical (unpaired) electrons. The van der Waals surface area contributed by atoms with Crippen molar-refractivity contribution in [3.8, 4) is 0 Å². The van der Waals surface area contributed by atoms with Gasteiger partial charge in [0.25, 0.3) is 0 Å². The molecule has 0 amide bonds. The molecule has 0 aromatic rings. The van der Waals surface area contributed by atoms with Gasteiger partial charge in [-0.25, -0.2) is 0 Å². The summed E-state index contributed by atoms with van der Waals surface area (Å²) in [5.74, 6) is 0.345. The minimum atomic E-state index is -4.07.